The van der Waals surface area contributed by atoms with E-state index in [4.69, 9.17) is 21.3 Å². The molecule has 6 nitrogen and oxygen atoms in total. The average molecular weight is 632 g/mol. The van der Waals surface area contributed by atoms with Crippen molar-refractivity contribution in [3.63, 3.8) is 0 Å². The van der Waals surface area contributed by atoms with Crippen molar-refractivity contribution in [3.05, 3.63) is 99.0 Å². The van der Waals surface area contributed by atoms with Crippen molar-refractivity contribution in [2.45, 2.75) is 38.1 Å². The van der Waals surface area contributed by atoms with Crippen LogP contribution in [0.15, 0.2) is 77.3 Å². The fourth-order valence-corrected chi connectivity index (χ4v) is 7.08. The summed E-state index contributed by atoms with van der Waals surface area (Å²) in [5, 5.41) is 14.8. The van der Waals surface area contributed by atoms with Gasteiger partial charge in [0.15, 0.2) is 0 Å². The molecule has 208 valence electrons. The summed E-state index contributed by atoms with van der Waals surface area (Å²) in [6.07, 6.45) is 3.55. The van der Waals surface area contributed by atoms with Crippen molar-refractivity contribution in [1.82, 2.24) is 10.3 Å². The van der Waals surface area contributed by atoms with Gasteiger partial charge in [-0.15, -0.1) is 0 Å². The van der Waals surface area contributed by atoms with Gasteiger partial charge in [0.05, 0.1) is 39.9 Å². The summed E-state index contributed by atoms with van der Waals surface area (Å²) in [5.74, 6) is -0.577. The number of hydrogen-bond acceptors (Lipinski definition) is 4. The molecule has 0 aliphatic heterocycles. The first-order chi connectivity index (χ1) is 19.7. The zero-order valence-electron chi connectivity index (χ0n) is 22.6. The van der Waals surface area contributed by atoms with Gasteiger partial charge in [-0.25, -0.2) is 4.98 Å². The Morgan fingerprint density at radius 2 is 1.76 bits per heavy atom. The van der Waals surface area contributed by atoms with E-state index in [9.17, 15) is 14.7 Å². The van der Waals surface area contributed by atoms with Gasteiger partial charge in [-0.1, -0.05) is 70.0 Å². The van der Waals surface area contributed by atoms with Crippen molar-refractivity contribution in [3.8, 4) is 17.0 Å². The first kappa shape index (κ1) is 27.5. The van der Waals surface area contributed by atoms with Gasteiger partial charge in [-0.3, -0.25) is 9.59 Å². The number of amides is 1. The van der Waals surface area contributed by atoms with E-state index >= 15 is 0 Å². The number of carbonyl (C=O) groups is 2. The van der Waals surface area contributed by atoms with Crippen molar-refractivity contribution in [2.75, 3.05) is 7.11 Å². The van der Waals surface area contributed by atoms with Crippen molar-refractivity contribution in [2.24, 2.45) is 5.41 Å². The normalized spacial score (nSPS) is 21.4. The Balaban J connectivity index is 1.53. The summed E-state index contributed by atoms with van der Waals surface area (Å²) in [7, 11) is 1.56. The van der Waals surface area contributed by atoms with Crippen LogP contribution < -0.4 is 10.1 Å². The molecule has 0 unspecified atom stereocenters. The van der Waals surface area contributed by atoms with E-state index in [0.717, 1.165) is 26.7 Å². The molecule has 1 saturated carbocycles. The Morgan fingerprint density at radius 3 is 2.44 bits per heavy atom. The molecule has 0 spiro atoms. The number of carboxylic acid groups (broad SMARTS) is 1. The first-order valence-corrected chi connectivity index (χ1v) is 14.6. The van der Waals surface area contributed by atoms with Crippen LogP contribution in [-0.4, -0.2) is 34.6 Å². The largest absolute Gasteiger partial charge is 0.496 e. The highest BCUT2D eigenvalue weighted by Gasteiger charge is 2.54. The van der Waals surface area contributed by atoms with Gasteiger partial charge in [0.1, 0.15) is 5.75 Å². The topological polar surface area (TPSA) is 88.5 Å². The zero-order valence-corrected chi connectivity index (χ0v) is 25.0. The minimum Gasteiger partial charge on any atom is -0.496 e. The summed E-state index contributed by atoms with van der Waals surface area (Å²) in [6, 6.07) is 20.9. The van der Waals surface area contributed by atoms with Crippen LogP contribution in [0.4, 0.5) is 0 Å². The second kappa shape index (κ2) is 10.3. The third-order valence-corrected chi connectivity index (χ3v) is 9.45. The van der Waals surface area contributed by atoms with E-state index in [1.54, 1.807) is 31.4 Å². The van der Waals surface area contributed by atoms with Crippen molar-refractivity contribution >= 4 is 55.9 Å². The maximum atomic E-state index is 14.5. The standard InChI is InChI=1S/C33H28BrClN2O4/c1-19-27(22-17-21(34)11-12-25(22)36-29(19)20-7-4-3-5-8-20)30(38)37-33-15-13-32(14-16-33,31(39)40)18-23(33)28-24(35)9-6-10-26(28)41-2/h3-12,17-18H,13-16H2,1-2H3,(H,37,38)(H,39,40). The summed E-state index contributed by atoms with van der Waals surface area (Å²) in [5.41, 5.74) is 3.14. The Kier molecular flexibility index (Phi) is 6.91. The number of benzene rings is 3. The molecule has 0 atom stereocenters. The van der Waals surface area contributed by atoms with Crippen LogP contribution in [0, 0.1) is 12.3 Å². The second-order valence-corrected chi connectivity index (χ2v) is 12.2. The van der Waals surface area contributed by atoms with Crippen LogP contribution in [0.2, 0.25) is 5.02 Å². The van der Waals surface area contributed by atoms with Crippen LogP contribution in [-0.2, 0) is 4.79 Å². The molecule has 3 aromatic carbocycles. The van der Waals surface area contributed by atoms with E-state index in [2.05, 4.69) is 21.2 Å². The molecule has 0 radical (unpaired) electrons. The number of methoxy groups -OCH3 is 1. The molecule has 1 fully saturated rings. The van der Waals surface area contributed by atoms with Crippen LogP contribution in [0.25, 0.3) is 27.7 Å². The Hall–Kier alpha value is -3.68. The van der Waals surface area contributed by atoms with Crippen LogP contribution >= 0.6 is 27.5 Å². The number of carbonyl (C=O) groups excluding carboxylic acids is 1. The lowest BCUT2D eigenvalue weighted by Gasteiger charge is -2.51. The number of carboxylic acids is 1. The maximum Gasteiger partial charge on any atom is 0.313 e. The Bertz CT molecular complexity index is 1740. The number of ether oxygens (including phenoxy) is 1. The first-order valence-electron chi connectivity index (χ1n) is 13.5. The van der Waals surface area contributed by atoms with Crippen LogP contribution in [0.5, 0.6) is 5.75 Å². The Morgan fingerprint density at radius 1 is 1.02 bits per heavy atom. The predicted octanol–water partition coefficient (Wildman–Crippen LogP) is 7.85. The highest BCUT2D eigenvalue weighted by atomic mass is 79.9. The lowest BCUT2D eigenvalue weighted by molar-refractivity contribution is -0.148. The molecule has 2 bridgehead atoms. The molecule has 4 aromatic rings. The van der Waals surface area contributed by atoms with Gasteiger partial charge in [-0.2, -0.15) is 0 Å². The number of halogens is 2. The molecule has 2 N–H and O–H groups in total. The SMILES string of the molecule is COc1cccc(Cl)c1C1=CC2(C(=O)O)CCC1(NC(=O)c1c(C)c(-c3ccccc3)nc3ccc(Br)cc13)CC2. The van der Waals surface area contributed by atoms with Gasteiger partial charge in [0, 0.05) is 21.0 Å². The van der Waals surface area contributed by atoms with Crippen LogP contribution in [0.1, 0.15) is 47.2 Å². The minimum atomic E-state index is -1.02. The predicted molar refractivity (Wildman–Crippen MR) is 164 cm³/mol. The van der Waals surface area contributed by atoms with E-state index < -0.39 is 16.9 Å². The fourth-order valence-electron chi connectivity index (χ4n) is 6.45. The van der Waals surface area contributed by atoms with Gasteiger partial charge >= 0.3 is 5.97 Å². The smallest absolute Gasteiger partial charge is 0.313 e. The fraction of sp³-hybridized carbons (Fsp3) is 0.242. The molecule has 3 aliphatic carbocycles. The van der Waals surface area contributed by atoms with Crippen LogP contribution in [0.3, 0.4) is 0 Å². The summed E-state index contributed by atoms with van der Waals surface area (Å²) >= 11 is 10.3. The number of rotatable bonds is 6. The second-order valence-electron chi connectivity index (χ2n) is 10.9. The number of nitrogens with zero attached hydrogens (tertiary/aromatic N) is 1. The highest BCUT2D eigenvalue weighted by Crippen LogP contribution is 2.56. The monoisotopic (exact) mass is 630 g/mol. The van der Waals surface area contributed by atoms with Gasteiger partial charge < -0.3 is 15.2 Å². The van der Waals surface area contributed by atoms with Crippen molar-refractivity contribution < 1.29 is 19.4 Å². The maximum absolute atomic E-state index is 14.5. The molecule has 41 heavy (non-hydrogen) atoms. The zero-order chi connectivity index (χ0) is 28.9. The quantitative estimate of drug-likeness (QED) is 0.226. The molecule has 8 heteroatoms. The molecule has 0 saturated heterocycles. The van der Waals surface area contributed by atoms with E-state index in [1.165, 1.54) is 0 Å². The van der Waals surface area contributed by atoms with Gasteiger partial charge in [0.25, 0.3) is 5.91 Å². The molecule has 1 heterocycles. The van der Waals surface area contributed by atoms with E-state index in [0.29, 0.717) is 58.7 Å². The van der Waals surface area contributed by atoms with E-state index in [1.807, 2.05) is 55.5 Å². The number of hydrogen-bond donors (Lipinski definition) is 2. The molecule has 1 amide bonds. The van der Waals surface area contributed by atoms with Gasteiger partial charge in [-0.05, 0) is 74.1 Å². The molecular formula is C33H28BrClN2O4. The third kappa shape index (κ3) is 4.52. The molecule has 3 aliphatic rings. The van der Waals surface area contributed by atoms with Gasteiger partial charge in [0.2, 0.25) is 0 Å². The average Bonchev–Trinajstić information content (AvgIpc) is 2.97. The third-order valence-electron chi connectivity index (χ3n) is 8.64. The Labute approximate surface area is 251 Å². The number of fused-ring (bicyclic) bond motifs is 3. The highest BCUT2D eigenvalue weighted by molar-refractivity contribution is 9.10. The molecule has 1 aromatic heterocycles. The number of aliphatic carboxylic acids is 1. The van der Waals surface area contributed by atoms with E-state index in [-0.39, 0.29) is 5.91 Å². The number of aromatic nitrogens is 1. The minimum absolute atomic E-state index is 0.244. The molecular weight excluding hydrogens is 604 g/mol. The summed E-state index contributed by atoms with van der Waals surface area (Å²) < 4.78 is 6.51. The summed E-state index contributed by atoms with van der Waals surface area (Å²) in [4.78, 5) is 31.9. The lowest BCUT2D eigenvalue weighted by Crippen LogP contribution is -2.57. The lowest BCUT2D eigenvalue weighted by atomic mass is 9.57. The van der Waals surface area contributed by atoms with Crippen molar-refractivity contribution in [1.29, 1.82) is 0 Å². The number of pyridine rings is 1. The molecule has 7 rings (SSSR count). The summed E-state index contributed by atoms with van der Waals surface area (Å²) in [6.45, 7) is 1.92. The number of nitrogens with one attached hydrogen (secondary N) is 1.